The van der Waals surface area contributed by atoms with E-state index in [-0.39, 0.29) is 43.8 Å². The highest BCUT2D eigenvalue weighted by atomic mass is 16.5. The first-order chi connectivity index (χ1) is 18.8. The number of hydrogen-bond acceptors (Lipinski definition) is 6. The van der Waals surface area contributed by atoms with Crippen LogP contribution in [-0.2, 0) is 32.1 Å². The number of benzene rings is 2. The van der Waals surface area contributed by atoms with Gasteiger partial charge in [-0.05, 0) is 49.4 Å². The van der Waals surface area contributed by atoms with Crippen LogP contribution in [0.4, 0.5) is 0 Å². The molecule has 3 atom stereocenters. The van der Waals surface area contributed by atoms with E-state index in [9.17, 15) is 19.5 Å². The molecule has 0 saturated carbocycles. The summed E-state index contributed by atoms with van der Waals surface area (Å²) >= 11 is 0. The van der Waals surface area contributed by atoms with Crippen molar-refractivity contribution >= 4 is 17.8 Å². The smallest absolute Gasteiger partial charge is 0.306 e. The van der Waals surface area contributed by atoms with Crippen molar-refractivity contribution in [1.82, 2.24) is 10.6 Å². The second kappa shape index (κ2) is 17.6. The zero-order chi connectivity index (χ0) is 28.5. The van der Waals surface area contributed by atoms with E-state index in [1.54, 1.807) is 19.1 Å². The van der Waals surface area contributed by atoms with Crippen molar-refractivity contribution in [2.75, 3.05) is 13.2 Å². The Morgan fingerprint density at radius 2 is 1.72 bits per heavy atom. The lowest BCUT2D eigenvalue weighted by molar-refractivity contribution is -0.148. The zero-order valence-corrected chi connectivity index (χ0v) is 22.6. The van der Waals surface area contributed by atoms with E-state index in [4.69, 9.17) is 9.47 Å². The summed E-state index contributed by atoms with van der Waals surface area (Å²) in [6.07, 6.45) is 4.15. The fourth-order valence-electron chi connectivity index (χ4n) is 3.84. The maximum atomic E-state index is 12.7. The molecule has 0 unspecified atom stereocenters. The molecule has 2 aromatic rings. The van der Waals surface area contributed by atoms with Gasteiger partial charge in [0.1, 0.15) is 18.5 Å². The second-order valence-corrected chi connectivity index (χ2v) is 9.37. The Balaban J connectivity index is 1.81. The minimum absolute atomic E-state index is 0.0614. The van der Waals surface area contributed by atoms with Gasteiger partial charge in [0.2, 0.25) is 11.8 Å². The van der Waals surface area contributed by atoms with Crippen LogP contribution in [0.3, 0.4) is 0 Å². The molecule has 0 aliphatic heterocycles. The number of esters is 1. The van der Waals surface area contributed by atoms with Crippen LogP contribution in [0.1, 0.15) is 43.7 Å². The number of carbonyl (C=O) groups excluding carboxylic acids is 3. The SMILES string of the molecule is C=CCCC(=O)O[C@@H](C)CNC(=O)[C@@H](CC=C)CC(=O)N[C@H](CO)Cc1ccc(OCc2ccccc2)cc1. The number of amides is 2. The maximum absolute atomic E-state index is 12.7. The van der Waals surface area contributed by atoms with Gasteiger partial charge >= 0.3 is 5.97 Å². The average Bonchev–Trinajstić information content (AvgIpc) is 2.94. The van der Waals surface area contributed by atoms with Crippen molar-refractivity contribution in [2.45, 2.75) is 57.8 Å². The molecule has 0 aliphatic rings. The average molecular weight is 537 g/mol. The standard InChI is InChI=1S/C31H40N2O6/c1-4-6-13-30(36)39-23(3)20-32-31(37)26(10-5-2)19-29(35)33-27(21-34)18-24-14-16-28(17-15-24)38-22-25-11-8-7-9-12-25/h4-5,7-9,11-12,14-17,23,26-27,34H,1-2,6,10,13,18-22H2,3H3,(H,32,37)(H,33,35)/t23-,26-,27-/m0/s1. The Kier molecular flexibility index (Phi) is 14.1. The minimum atomic E-state index is -0.633. The Hall–Kier alpha value is -3.91. The molecule has 3 N–H and O–H groups in total. The Bertz CT molecular complexity index is 1050. The van der Waals surface area contributed by atoms with Gasteiger partial charge in [-0.2, -0.15) is 0 Å². The Morgan fingerprint density at radius 1 is 1.00 bits per heavy atom. The quantitative estimate of drug-likeness (QED) is 0.197. The van der Waals surface area contributed by atoms with Crippen molar-refractivity contribution < 1.29 is 29.0 Å². The lowest BCUT2D eigenvalue weighted by Gasteiger charge is -2.20. The fraction of sp³-hybridized carbons (Fsp3) is 0.387. The number of aliphatic hydroxyl groups excluding tert-OH is 1. The second-order valence-electron chi connectivity index (χ2n) is 9.37. The minimum Gasteiger partial charge on any atom is -0.489 e. The summed E-state index contributed by atoms with van der Waals surface area (Å²) in [7, 11) is 0. The van der Waals surface area contributed by atoms with Crippen molar-refractivity contribution in [3.05, 3.63) is 91.0 Å². The van der Waals surface area contributed by atoms with E-state index in [2.05, 4.69) is 23.8 Å². The maximum Gasteiger partial charge on any atom is 0.306 e. The van der Waals surface area contributed by atoms with Gasteiger partial charge in [-0.3, -0.25) is 14.4 Å². The molecule has 2 amide bonds. The van der Waals surface area contributed by atoms with Gasteiger partial charge in [0.15, 0.2) is 0 Å². The molecule has 0 aromatic heterocycles. The summed E-state index contributed by atoms with van der Waals surface area (Å²) in [5.74, 6) is -0.936. The van der Waals surface area contributed by atoms with Crippen LogP contribution in [0.2, 0.25) is 0 Å². The topological polar surface area (TPSA) is 114 Å². The predicted octanol–water partition coefficient (Wildman–Crippen LogP) is 3.88. The Labute approximate surface area is 231 Å². The van der Waals surface area contributed by atoms with Crippen molar-refractivity contribution in [1.29, 1.82) is 0 Å². The van der Waals surface area contributed by atoms with Crippen LogP contribution in [0, 0.1) is 5.92 Å². The third-order valence-corrected chi connectivity index (χ3v) is 5.94. The number of hydrogen-bond donors (Lipinski definition) is 3. The van der Waals surface area contributed by atoms with Crippen LogP contribution < -0.4 is 15.4 Å². The highest BCUT2D eigenvalue weighted by Gasteiger charge is 2.23. The van der Waals surface area contributed by atoms with Crippen molar-refractivity contribution in [3.63, 3.8) is 0 Å². The summed E-state index contributed by atoms with van der Waals surface area (Å²) in [6.45, 7) is 9.30. The first-order valence-corrected chi connectivity index (χ1v) is 13.2. The van der Waals surface area contributed by atoms with Gasteiger partial charge in [-0.25, -0.2) is 0 Å². The number of ether oxygens (including phenoxy) is 2. The lowest BCUT2D eigenvalue weighted by Crippen LogP contribution is -2.42. The molecule has 0 heterocycles. The van der Waals surface area contributed by atoms with Gasteiger partial charge in [-0.1, -0.05) is 54.6 Å². The molecule has 2 rings (SSSR count). The largest absolute Gasteiger partial charge is 0.489 e. The fourth-order valence-corrected chi connectivity index (χ4v) is 3.84. The van der Waals surface area contributed by atoms with Gasteiger partial charge in [-0.15, -0.1) is 13.2 Å². The van der Waals surface area contributed by atoms with E-state index in [0.29, 0.717) is 25.9 Å². The van der Waals surface area contributed by atoms with E-state index < -0.39 is 18.1 Å². The normalized spacial score (nSPS) is 12.9. The summed E-state index contributed by atoms with van der Waals surface area (Å²) in [6, 6.07) is 16.9. The van der Waals surface area contributed by atoms with Gasteiger partial charge in [0.25, 0.3) is 0 Å². The number of nitrogens with one attached hydrogen (secondary N) is 2. The number of aliphatic hydroxyl groups is 1. The van der Waals surface area contributed by atoms with Gasteiger partial charge in [0, 0.05) is 12.8 Å². The third kappa shape index (κ3) is 12.5. The highest BCUT2D eigenvalue weighted by molar-refractivity contribution is 5.86. The van der Waals surface area contributed by atoms with Crippen molar-refractivity contribution in [2.24, 2.45) is 5.92 Å². The summed E-state index contributed by atoms with van der Waals surface area (Å²) in [5.41, 5.74) is 2.00. The zero-order valence-electron chi connectivity index (χ0n) is 22.6. The molecule has 0 aliphatic carbocycles. The number of allylic oxidation sites excluding steroid dienone is 2. The van der Waals surface area contributed by atoms with Crippen LogP contribution in [-0.4, -0.2) is 48.2 Å². The molecular formula is C31H40N2O6. The van der Waals surface area contributed by atoms with Gasteiger partial charge < -0.3 is 25.2 Å². The molecule has 210 valence electrons. The van der Waals surface area contributed by atoms with E-state index in [1.807, 2.05) is 54.6 Å². The van der Waals surface area contributed by atoms with Crippen molar-refractivity contribution in [3.8, 4) is 5.75 Å². The Morgan fingerprint density at radius 3 is 2.36 bits per heavy atom. The number of rotatable bonds is 18. The van der Waals surface area contributed by atoms with Crippen LogP contribution in [0.25, 0.3) is 0 Å². The van der Waals surface area contributed by atoms with Gasteiger partial charge in [0.05, 0.1) is 25.1 Å². The number of carbonyl (C=O) groups is 3. The molecule has 0 radical (unpaired) electrons. The van der Waals surface area contributed by atoms with Crippen LogP contribution in [0.5, 0.6) is 5.75 Å². The predicted molar refractivity (Wildman–Crippen MR) is 151 cm³/mol. The molecule has 8 heteroatoms. The monoisotopic (exact) mass is 536 g/mol. The summed E-state index contributed by atoms with van der Waals surface area (Å²) in [4.78, 5) is 37.1. The highest BCUT2D eigenvalue weighted by Crippen LogP contribution is 2.16. The first kappa shape index (κ1) is 31.3. The third-order valence-electron chi connectivity index (χ3n) is 5.94. The molecule has 0 fully saturated rings. The first-order valence-electron chi connectivity index (χ1n) is 13.2. The summed E-state index contributed by atoms with van der Waals surface area (Å²) < 4.78 is 11.1. The molecule has 0 saturated heterocycles. The van der Waals surface area contributed by atoms with Crippen LogP contribution >= 0.6 is 0 Å². The molecule has 2 aromatic carbocycles. The van der Waals surface area contributed by atoms with E-state index in [1.165, 1.54) is 0 Å². The lowest BCUT2D eigenvalue weighted by atomic mass is 9.99. The molecule has 0 bridgehead atoms. The van der Waals surface area contributed by atoms with E-state index >= 15 is 0 Å². The molecular weight excluding hydrogens is 496 g/mol. The van der Waals surface area contributed by atoms with E-state index in [0.717, 1.165) is 16.9 Å². The molecule has 8 nitrogen and oxygen atoms in total. The van der Waals surface area contributed by atoms with Crippen LogP contribution in [0.15, 0.2) is 79.9 Å². The summed E-state index contributed by atoms with van der Waals surface area (Å²) in [5, 5.41) is 15.4. The molecule has 0 spiro atoms. The molecule has 39 heavy (non-hydrogen) atoms.